The number of imidazole rings is 1. The van der Waals surface area contributed by atoms with Crippen LogP contribution in [-0.2, 0) is 0 Å². The van der Waals surface area contributed by atoms with Gasteiger partial charge in [-0.25, -0.2) is 13.8 Å². The molecule has 2 aromatic rings. The summed E-state index contributed by atoms with van der Waals surface area (Å²) in [5.74, 6) is 0.166. The van der Waals surface area contributed by atoms with E-state index >= 15 is 0 Å². The average molecular weight is 198 g/mol. The highest BCUT2D eigenvalue weighted by molar-refractivity contribution is 5.77. The third-order valence-electron chi connectivity index (χ3n) is 2.01. The third-order valence-corrected chi connectivity index (χ3v) is 2.01. The molecule has 1 heterocycles. The van der Waals surface area contributed by atoms with E-state index in [4.69, 9.17) is 4.74 Å². The summed E-state index contributed by atoms with van der Waals surface area (Å²) in [5, 5.41) is 0. The van der Waals surface area contributed by atoms with E-state index in [1.54, 1.807) is 0 Å². The number of halogens is 2. The Morgan fingerprint density at radius 2 is 2.21 bits per heavy atom. The summed E-state index contributed by atoms with van der Waals surface area (Å²) in [6, 6.07) is 2.85. The first kappa shape index (κ1) is 8.93. The molecular weight excluding hydrogens is 190 g/mol. The van der Waals surface area contributed by atoms with E-state index in [-0.39, 0.29) is 11.3 Å². The summed E-state index contributed by atoms with van der Waals surface area (Å²) < 4.78 is 29.9. The number of rotatable bonds is 2. The number of benzene rings is 1. The lowest BCUT2D eigenvalue weighted by Crippen LogP contribution is -1.92. The Morgan fingerprint density at radius 1 is 1.43 bits per heavy atom. The fraction of sp³-hybridized carbons (Fsp3) is 0.222. The molecule has 0 aliphatic heterocycles. The summed E-state index contributed by atoms with van der Waals surface area (Å²) in [6.07, 6.45) is -1.09. The Hall–Kier alpha value is -1.65. The van der Waals surface area contributed by atoms with Gasteiger partial charge in [0.15, 0.2) is 0 Å². The number of H-pyrrole nitrogens is 1. The number of aromatic nitrogens is 2. The number of aromatic amines is 1. The lowest BCUT2D eigenvalue weighted by Gasteiger charge is -2.06. The van der Waals surface area contributed by atoms with Crippen molar-refractivity contribution in [2.75, 3.05) is 7.11 Å². The lowest BCUT2D eigenvalue weighted by molar-refractivity contribution is 0.147. The smallest absolute Gasteiger partial charge is 0.267 e. The molecule has 1 aromatic heterocycles. The van der Waals surface area contributed by atoms with Crippen molar-refractivity contribution in [1.29, 1.82) is 0 Å². The molecule has 0 amide bonds. The zero-order chi connectivity index (χ0) is 10.1. The van der Waals surface area contributed by atoms with Crippen LogP contribution in [0.2, 0.25) is 0 Å². The zero-order valence-electron chi connectivity index (χ0n) is 7.42. The highest BCUT2D eigenvalue weighted by Gasteiger charge is 2.15. The summed E-state index contributed by atoms with van der Waals surface area (Å²) >= 11 is 0. The molecule has 5 heteroatoms. The second-order valence-electron chi connectivity index (χ2n) is 2.81. The number of nitrogens with one attached hydrogen (secondary N) is 1. The zero-order valence-corrected chi connectivity index (χ0v) is 7.42. The average Bonchev–Trinajstić information content (AvgIpc) is 2.62. The van der Waals surface area contributed by atoms with Gasteiger partial charge < -0.3 is 9.72 Å². The second-order valence-corrected chi connectivity index (χ2v) is 2.81. The standard InChI is InChI=1S/C9H8F2N2O/c1-14-8-3-7-6(12-4-13-7)2-5(8)9(10)11/h2-4,9H,1H3,(H,12,13). The van der Waals surface area contributed by atoms with E-state index in [9.17, 15) is 8.78 Å². The number of hydrogen-bond donors (Lipinski definition) is 1. The molecule has 0 atom stereocenters. The quantitative estimate of drug-likeness (QED) is 0.805. The van der Waals surface area contributed by atoms with E-state index < -0.39 is 6.43 Å². The van der Waals surface area contributed by atoms with E-state index in [2.05, 4.69) is 9.97 Å². The molecule has 0 bridgehead atoms. The topological polar surface area (TPSA) is 37.9 Å². The van der Waals surface area contributed by atoms with Crippen molar-refractivity contribution < 1.29 is 13.5 Å². The molecule has 3 nitrogen and oxygen atoms in total. The molecule has 0 radical (unpaired) electrons. The van der Waals surface area contributed by atoms with Gasteiger partial charge in [0.05, 0.1) is 30.0 Å². The van der Waals surface area contributed by atoms with Crippen molar-refractivity contribution in [2.24, 2.45) is 0 Å². The maximum Gasteiger partial charge on any atom is 0.267 e. The van der Waals surface area contributed by atoms with Gasteiger partial charge in [-0.3, -0.25) is 0 Å². The molecule has 1 aromatic carbocycles. The molecule has 14 heavy (non-hydrogen) atoms. The Labute approximate surface area is 78.7 Å². The van der Waals surface area contributed by atoms with Gasteiger partial charge in [-0.2, -0.15) is 0 Å². The minimum Gasteiger partial charge on any atom is -0.496 e. The van der Waals surface area contributed by atoms with Crippen molar-refractivity contribution >= 4 is 11.0 Å². The molecule has 74 valence electrons. The SMILES string of the molecule is COc1cc2nc[nH]c2cc1C(F)F. The summed E-state index contributed by atoms with van der Waals surface area (Å²) in [6.45, 7) is 0. The van der Waals surface area contributed by atoms with Gasteiger partial charge in [-0.15, -0.1) is 0 Å². The number of hydrogen-bond acceptors (Lipinski definition) is 2. The molecule has 0 aliphatic rings. The first-order chi connectivity index (χ1) is 6.72. The first-order valence-electron chi connectivity index (χ1n) is 4.01. The monoisotopic (exact) mass is 198 g/mol. The highest BCUT2D eigenvalue weighted by atomic mass is 19.3. The largest absolute Gasteiger partial charge is 0.496 e. The fourth-order valence-electron chi connectivity index (χ4n) is 1.33. The molecule has 0 aliphatic carbocycles. The Bertz CT molecular complexity index is 453. The van der Waals surface area contributed by atoms with Gasteiger partial charge in [-0.05, 0) is 6.07 Å². The highest BCUT2D eigenvalue weighted by Crippen LogP contribution is 2.31. The van der Waals surface area contributed by atoms with Gasteiger partial charge in [0.25, 0.3) is 6.43 Å². The van der Waals surface area contributed by atoms with Gasteiger partial charge in [-0.1, -0.05) is 0 Å². The van der Waals surface area contributed by atoms with Crippen LogP contribution in [0.3, 0.4) is 0 Å². The number of ether oxygens (including phenoxy) is 1. The van der Waals surface area contributed by atoms with Crippen LogP contribution in [0.25, 0.3) is 11.0 Å². The van der Waals surface area contributed by atoms with Crippen LogP contribution >= 0.6 is 0 Å². The van der Waals surface area contributed by atoms with Crippen LogP contribution < -0.4 is 4.74 Å². The van der Waals surface area contributed by atoms with Crippen molar-refractivity contribution in [1.82, 2.24) is 9.97 Å². The molecule has 0 spiro atoms. The predicted octanol–water partition coefficient (Wildman–Crippen LogP) is 2.51. The van der Waals surface area contributed by atoms with Crippen molar-refractivity contribution in [3.63, 3.8) is 0 Å². The van der Waals surface area contributed by atoms with Crippen LogP contribution in [0, 0.1) is 0 Å². The van der Waals surface area contributed by atoms with Crippen molar-refractivity contribution in [3.05, 3.63) is 24.0 Å². The van der Waals surface area contributed by atoms with Crippen LogP contribution in [0.5, 0.6) is 5.75 Å². The normalized spacial score (nSPS) is 11.1. The molecular formula is C9H8F2N2O. The molecule has 0 saturated carbocycles. The maximum atomic E-state index is 12.5. The minimum atomic E-state index is -2.54. The van der Waals surface area contributed by atoms with Crippen LogP contribution in [0.1, 0.15) is 12.0 Å². The van der Waals surface area contributed by atoms with Gasteiger partial charge in [0.1, 0.15) is 5.75 Å². The Morgan fingerprint density at radius 3 is 2.86 bits per heavy atom. The minimum absolute atomic E-state index is 0.121. The predicted molar refractivity (Wildman–Crippen MR) is 47.6 cm³/mol. The Balaban J connectivity index is 2.66. The van der Waals surface area contributed by atoms with Crippen molar-refractivity contribution in [2.45, 2.75) is 6.43 Å². The van der Waals surface area contributed by atoms with Gasteiger partial charge in [0, 0.05) is 6.07 Å². The van der Waals surface area contributed by atoms with Crippen molar-refractivity contribution in [3.8, 4) is 5.75 Å². The fourth-order valence-corrected chi connectivity index (χ4v) is 1.33. The maximum absolute atomic E-state index is 12.5. The Kier molecular flexibility index (Phi) is 2.07. The van der Waals surface area contributed by atoms with E-state index in [1.165, 1.54) is 25.6 Å². The van der Waals surface area contributed by atoms with Gasteiger partial charge in [0.2, 0.25) is 0 Å². The molecule has 2 rings (SSSR count). The third kappa shape index (κ3) is 1.30. The molecule has 0 saturated heterocycles. The molecule has 0 fully saturated rings. The lowest BCUT2D eigenvalue weighted by atomic mass is 10.2. The molecule has 1 N–H and O–H groups in total. The van der Waals surface area contributed by atoms with E-state index in [0.29, 0.717) is 11.0 Å². The van der Waals surface area contributed by atoms with E-state index in [0.717, 1.165) is 0 Å². The van der Waals surface area contributed by atoms with Crippen LogP contribution in [-0.4, -0.2) is 17.1 Å². The number of fused-ring (bicyclic) bond motifs is 1. The first-order valence-corrected chi connectivity index (χ1v) is 4.01. The summed E-state index contributed by atoms with van der Waals surface area (Å²) in [5.41, 5.74) is 1.08. The van der Waals surface area contributed by atoms with Gasteiger partial charge >= 0.3 is 0 Å². The summed E-state index contributed by atoms with van der Waals surface area (Å²) in [4.78, 5) is 6.71. The number of methoxy groups -OCH3 is 1. The molecule has 0 unspecified atom stereocenters. The summed E-state index contributed by atoms with van der Waals surface area (Å²) in [7, 11) is 1.36. The van der Waals surface area contributed by atoms with E-state index in [1.807, 2.05) is 0 Å². The van der Waals surface area contributed by atoms with Crippen LogP contribution in [0.4, 0.5) is 8.78 Å². The number of alkyl halides is 2. The number of nitrogens with zero attached hydrogens (tertiary/aromatic N) is 1. The van der Waals surface area contributed by atoms with Crippen LogP contribution in [0.15, 0.2) is 18.5 Å². The second kappa shape index (κ2) is 3.25.